The highest BCUT2D eigenvalue weighted by Crippen LogP contribution is 2.21. The summed E-state index contributed by atoms with van der Waals surface area (Å²) in [6.45, 7) is 7.62. The first-order chi connectivity index (χ1) is 8.54. The lowest BCUT2D eigenvalue weighted by atomic mass is 10.3. The van der Waals surface area contributed by atoms with E-state index in [9.17, 15) is 4.79 Å². The fourth-order valence-corrected chi connectivity index (χ4v) is 1.91. The lowest BCUT2D eigenvalue weighted by molar-refractivity contribution is -0.128. The van der Waals surface area contributed by atoms with Crippen molar-refractivity contribution in [2.24, 2.45) is 7.05 Å². The highest BCUT2D eigenvalue weighted by atomic mass is 16.2. The molecule has 0 aliphatic rings. The van der Waals surface area contributed by atoms with E-state index in [0.29, 0.717) is 11.5 Å². The minimum atomic E-state index is 0.0682. The van der Waals surface area contributed by atoms with Gasteiger partial charge in [-0.05, 0) is 20.3 Å². The number of nitrogens with two attached hydrogens (primary N) is 1. The molecule has 0 aromatic carbocycles. The van der Waals surface area contributed by atoms with E-state index in [1.165, 1.54) is 0 Å². The molecule has 0 saturated heterocycles. The van der Waals surface area contributed by atoms with Crippen molar-refractivity contribution in [1.82, 2.24) is 14.7 Å². The van der Waals surface area contributed by atoms with Crippen molar-refractivity contribution < 1.29 is 4.79 Å². The molecule has 0 saturated carbocycles. The van der Waals surface area contributed by atoms with Gasteiger partial charge in [-0.1, -0.05) is 6.92 Å². The van der Waals surface area contributed by atoms with Crippen molar-refractivity contribution >= 4 is 17.4 Å². The summed E-state index contributed by atoms with van der Waals surface area (Å²) < 4.78 is 1.68. The highest BCUT2D eigenvalue weighted by Gasteiger charge is 2.14. The quantitative estimate of drug-likeness (QED) is 0.788. The molecule has 0 bridgehead atoms. The number of amides is 1. The number of aryl methyl sites for hydroxylation is 2. The third-order valence-electron chi connectivity index (χ3n) is 3.02. The number of nitrogens with zero attached hydrogens (tertiary/aromatic N) is 3. The Balaban J connectivity index is 2.69. The van der Waals surface area contributed by atoms with Crippen LogP contribution in [0.15, 0.2) is 0 Å². The minimum Gasteiger partial charge on any atom is -0.394 e. The van der Waals surface area contributed by atoms with Gasteiger partial charge in [-0.25, -0.2) is 0 Å². The number of anilines is 2. The van der Waals surface area contributed by atoms with Crippen LogP contribution in [-0.2, 0) is 18.3 Å². The van der Waals surface area contributed by atoms with Crippen LogP contribution in [0.25, 0.3) is 0 Å². The maximum Gasteiger partial charge on any atom is 0.241 e. The van der Waals surface area contributed by atoms with Crippen LogP contribution in [0.2, 0.25) is 0 Å². The predicted molar refractivity (Wildman–Crippen MR) is 73.4 cm³/mol. The van der Waals surface area contributed by atoms with Gasteiger partial charge in [0.2, 0.25) is 5.91 Å². The van der Waals surface area contributed by atoms with Crippen molar-refractivity contribution in [3.63, 3.8) is 0 Å². The Labute approximate surface area is 108 Å². The summed E-state index contributed by atoms with van der Waals surface area (Å²) in [5, 5.41) is 7.37. The second-order valence-electron chi connectivity index (χ2n) is 4.11. The molecule has 0 aliphatic heterocycles. The summed E-state index contributed by atoms with van der Waals surface area (Å²) in [5.41, 5.74) is 7.46. The van der Waals surface area contributed by atoms with Gasteiger partial charge in [-0.3, -0.25) is 9.48 Å². The number of likely N-dealkylation sites (N-methyl/N-ethyl adjacent to an activating group) is 1. The number of nitrogen functional groups attached to an aromatic ring is 1. The van der Waals surface area contributed by atoms with Crippen molar-refractivity contribution in [1.29, 1.82) is 0 Å². The zero-order valence-electron chi connectivity index (χ0n) is 11.7. The fourth-order valence-electron chi connectivity index (χ4n) is 1.91. The smallest absolute Gasteiger partial charge is 0.241 e. The van der Waals surface area contributed by atoms with Crippen LogP contribution in [0, 0.1) is 0 Å². The van der Waals surface area contributed by atoms with E-state index >= 15 is 0 Å². The molecule has 0 spiro atoms. The fraction of sp³-hybridized carbons (Fsp3) is 0.667. The largest absolute Gasteiger partial charge is 0.394 e. The molecule has 6 nitrogen and oxygen atoms in total. The van der Waals surface area contributed by atoms with Crippen LogP contribution in [-0.4, -0.2) is 40.2 Å². The Morgan fingerprint density at radius 3 is 2.44 bits per heavy atom. The molecule has 18 heavy (non-hydrogen) atoms. The molecule has 0 unspecified atom stereocenters. The number of carbonyl (C=O) groups is 1. The Morgan fingerprint density at radius 2 is 2.00 bits per heavy atom. The average Bonchev–Trinajstić information content (AvgIpc) is 2.63. The second kappa shape index (κ2) is 6.28. The summed E-state index contributed by atoms with van der Waals surface area (Å²) >= 11 is 0. The number of aromatic nitrogens is 2. The summed E-state index contributed by atoms with van der Waals surface area (Å²) in [6, 6.07) is 0. The normalized spacial score (nSPS) is 10.4. The number of rotatable bonds is 6. The first-order valence-electron chi connectivity index (χ1n) is 6.38. The van der Waals surface area contributed by atoms with E-state index in [0.717, 1.165) is 25.2 Å². The molecule has 1 rings (SSSR count). The topological polar surface area (TPSA) is 76.2 Å². The molecule has 0 atom stereocenters. The van der Waals surface area contributed by atoms with Crippen molar-refractivity contribution in [2.75, 3.05) is 30.7 Å². The molecule has 0 fully saturated rings. The van der Waals surface area contributed by atoms with E-state index in [-0.39, 0.29) is 12.5 Å². The third-order valence-corrected chi connectivity index (χ3v) is 3.02. The lowest BCUT2D eigenvalue weighted by Crippen LogP contribution is -2.35. The third kappa shape index (κ3) is 2.94. The summed E-state index contributed by atoms with van der Waals surface area (Å²) in [4.78, 5) is 13.6. The first-order valence-corrected chi connectivity index (χ1v) is 6.38. The van der Waals surface area contributed by atoms with E-state index in [1.54, 1.807) is 9.58 Å². The van der Waals surface area contributed by atoms with Crippen LogP contribution in [0.4, 0.5) is 11.5 Å². The molecule has 6 heteroatoms. The lowest BCUT2D eigenvalue weighted by Gasteiger charge is -2.19. The second-order valence-corrected chi connectivity index (χ2v) is 4.11. The SMILES string of the molecule is CCc1nn(C)c(NCC(=O)N(CC)CC)c1N. The van der Waals surface area contributed by atoms with Gasteiger partial charge in [0.1, 0.15) is 5.82 Å². The van der Waals surface area contributed by atoms with Crippen LogP contribution in [0.5, 0.6) is 0 Å². The highest BCUT2D eigenvalue weighted by molar-refractivity contribution is 5.81. The predicted octanol–water partition coefficient (Wildman–Crippen LogP) is 0.845. The number of nitrogens with one attached hydrogen (secondary N) is 1. The average molecular weight is 253 g/mol. The molecule has 0 aliphatic carbocycles. The Morgan fingerprint density at radius 1 is 1.39 bits per heavy atom. The summed E-state index contributed by atoms with van der Waals surface area (Å²) in [7, 11) is 1.82. The molecule has 3 N–H and O–H groups in total. The van der Waals surface area contributed by atoms with E-state index in [1.807, 2.05) is 27.8 Å². The van der Waals surface area contributed by atoms with Gasteiger partial charge in [0, 0.05) is 20.1 Å². The van der Waals surface area contributed by atoms with Crippen LogP contribution >= 0.6 is 0 Å². The van der Waals surface area contributed by atoms with Crippen LogP contribution < -0.4 is 11.1 Å². The minimum absolute atomic E-state index is 0.0682. The molecule has 0 radical (unpaired) electrons. The van der Waals surface area contributed by atoms with Crippen LogP contribution in [0.3, 0.4) is 0 Å². The van der Waals surface area contributed by atoms with Gasteiger partial charge in [0.15, 0.2) is 0 Å². The molecular formula is C12H23N5O. The zero-order chi connectivity index (χ0) is 13.7. The summed E-state index contributed by atoms with van der Waals surface area (Å²) in [5.74, 6) is 0.783. The van der Waals surface area contributed by atoms with Gasteiger partial charge < -0.3 is 16.0 Å². The van der Waals surface area contributed by atoms with E-state index < -0.39 is 0 Å². The van der Waals surface area contributed by atoms with E-state index in [2.05, 4.69) is 10.4 Å². The molecule has 1 heterocycles. The van der Waals surface area contributed by atoms with E-state index in [4.69, 9.17) is 5.73 Å². The first kappa shape index (κ1) is 14.3. The monoisotopic (exact) mass is 253 g/mol. The maximum atomic E-state index is 11.9. The van der Waals surface area contributed by atoms with Crippen molar-refractivity contribution in [2.45, 2.75) is 27.2 Å². The number of hydrogen-bond donors (Lipinski definition) is 2. The van der Waals surface area contributed by atoms with Gasteiger partial charge in [-0.2, -0.15) is 5.10 Å². The molecule has 1 aromatic rings. The molecule has 102 valence electrons. The van der Waals surface area contributed by atoms with Gasteiger partial charge in [-0.15, -0.1) is 0 Å². The number of hydrogen-bond acceptors (Lipinski definition) is 4. The molecule has 1 amide bonds. The number of carbonyl (C=O) groups excluding carboxylic acids is 1. The Hall–Kier alpha value is -1.72. The summed E-state index contributed by atoms with van der Waals surface area (Å²) in [6.07, 6.45) is 0.783. The van der Waals surface area contributed by atoms with Crippen molar-refractivity contribution in [3.05, 3.63) is 5.69 Å². The van der Waals surface area contributed by atoms with Crippen molar-refractivity contribution in [3.8, 4) is 0 Å². The Kier molecular flexibility index (Phi) is 5.00. The van der Waals surface area contributed by atoms with Crippen LogP contribution in [0.1, 0.15) is 26.5 Å². The van der Waals surface area contributed by atoms with Gasteiger partial charge in [0.25, 0.3) is 0 Å². The van der Waals surface area contributed by atoms with Gasteiger partial charge >= 0.3 is 0 Å². The zero-order valence-corrected chi connectivity index (χ0v) is 11.7. The maximum absolute atomic E-state index is 11.9. The molecular weight excluding hydrogens is 230 g/mol. The molecule has 1 aromatic heterocycles. The Bertz CT molecular complexity index is 409. The van der Waals surface area contributed by atoms with Gasteiger partial charge in [0.05, 0.1) is 17.9 Å². The standard InChI is InChI=1S/C12H23N5O/c1-5-9-11(13)12(16(4)15-9)14-8-10(18)17(6-2)7-3/h14H,5-8,13H2,1-4H3.